The maximum absolute atomic E-state index is 12.0. The van der Waals surface area contributed by atoms with Gasteiger partial charge in [0.05, 0.1) is 0 Å². The van der Waals surface area contributed by atoms with Gasteiger partial charge >= 0.3 is 5.97 Å². The highest BCUT2D eigenvalue weighted by Gasteiger charge is 2.20. The number of rotatable bonds is 7. The molecule has 0 bridgehead atoms. The monoisotopic (exact) mass is 336 g/mol. The lowest BCUT2D eigenvalue weighted by atomic mass is 10.0. The van der Waals surface area contributed by atoms with Gasteiger partial charge in [-0.05, 0) is 30.5 Å². The van der Waals surface area contributed by atoms with E-state index in [1.807, 2.05) is 48.9 Å². The molecule has 124 valence electrons. The minimum absolute atomic E-state index is 0.201. The number of carboxylic acids is 1. The Balaban J connectivity index is 1.98. The Morgan fingerprint density at radius 1 is 1.30 bits per heavy atom. The highest BCUT2D eigenvalue weighted by molar-refractivity contribution is 6.35. The van der Waals surface area contributed by atoms with Crippen molar-refractivity contribution < 1.29 is 14.7 Å². The zero-order chi connectivity index (χ0) is 17.0. The van der Waals surface area contributed by atoms with E-state index in [-0.39, 0.29) is 18.2 Å². The number of nitrogens with one attached hydrogen (secondary N) is 1. The number of carbonyl (C=O) groups is 2. The quantitative estimate of drug-likeness (QED) is 0.815. The van der Waals surface area contributed by atoms with Crippen LogP contribution < -0.4 is 5.32 Å². The molecule has 0 radical (unpaired) electrons. The summed E-state index contributed by atoms with van der Waals surface area (Å²) in [6, 6.07) is 6.71. The Hall–Kier alpha value is -2.01. The van der Waals surface area contributed by atoms with Crippen LogP contribution in [0, 0.1) is 5.92 Å². The third kappa shape index (κ3) is 4.48. The first-order valence-corrected chi connectivity index (χ1v) is 8.01. The molecule has 2 aromatic rings. The SMILES string of the molecule is CC(C)C[C@@H](NC(=O)CCn1ccc2c(Cl)cccc21)C(=O)O. The number of carbonyl (C=O) groups excluding carboxylic acids is 1. The Morgan fingerprint density at radius 2 is 2.04 bits per heavy atom. The summed E-state index contributed by atoms with van der Waals surface area (Å²) in [5, 5.41) is 13.4. The number of benzene rings is 1. The first-order chi connectivity index (χ1) is 10.9. The fourth-order valence-electron chi connectivity index (χ4n) is 2.56. The maximum atomic E-state index is 12.0. The van der Waals surface area contributed by atoms with E-state index in [9.17, 15) is 9.59 Å². The summed E-state index contributed by atoms with van der Waals surface area (Å²) >= 11 is 6.13. The molecule has 1 heterocycles. The van der Waals surface area contributed by atoms with Crippen LogP contribution in [0.2, 0.25) is 5.02 Å². The molecule has 6 heteroatoms. The fraction of sp³-hybridized carbons (Fsp3) is 0.412. The van der Waals surface area contributed by atoms with Crippen molar-refractivity contribution in [2.24, 2.45) is 5.92 Å². The van der Waals surface area contributed by atoms with Crippen molar-refractivity contribution in [3.8, 4) is 0 Å². The van der Waals surface area contributed by atoms with Crippen molar-refractivity contribution in [2.75, 3.05) is 0 Å². The number of fused-ring (bicyclic) bond motifs is 1. The molecule has 1 aromatic heterocycles. The van der Waals surface area contributed by atoms with Crippen LogP contribution in [-0.2, 0) is 16.1 Å². The smallest absolute Gasteiger partial charge is 0.326 e. The molecule has 0 aliphatic heterocycles. The van der Waals surface area contributed by atoms with Crippen LogP contribution in [0.25, 0.3) is 10.9 Å². The van der Waals surface area contributed by atoms with Gasteiger partial charge in [-0.2, -0.15) is 0 Å². The topological polar surface area (TPSA) is 71.3 Å². The van der Waals surface area contributed by atoms with Crippen molar-refractivity contribution >= 4 is 34.4 Å². The number of hydrogen-bond acceptors (Lipinski definition) is 2. The van der Waals surface area contributed by atoms with Gasteiger partial charge in [0.1, 0.15) is 6.04 Å². The summed E-state index contributed by atoms with van der Waals surface area (Å²) in [6.07, 6.45) is 2.52. The molecule has 23 heavy (non-hydrogen) atoms. The number of aromatic nitrogens is 1. The molecule has 1 atom stereocenters. The molecule has 0 fully saturated rings. The van der Waals surface area contributed by atoms with Gasteiger partial charge in [-0.25, -0.2) is 4.79 Å². The molecule has 5 nitrogen and oxygen atoms in total. The van der Waals surface area contributed by atoms with Crippen molar-refractivity contribution in [2.45, 2.75) is 39.3 Å². The van der Waals surface area contributed by atoms with E-state index in [0.29, 0.717) is 18.0 Å². The van der Waals surface area contributed by atoms with E-state index in [1.165, 1.54) is 0 Å². The highest BCUT2D eigenvalue weighted by atomic mass is 35.5. The average molecular weight is 337 g/mol. The number of nitrogens with zero attached hydrogens (tertiary/aromatic N) is 1. The average Bonchev–Trinajstić information content (AvgIpc) is 2.88. The molecule has 0 aliphatic carbocycles. The van der Waals surface area contributed by atoms with E-state index < -0.39 is 12.0 Å². The van der Waals surface area contributed by atoms with Gasteiger partial charge in [0, 0.05) is 35.1 Å². The number of carboxylic acid groups (broad SMARTS) is 1. The third-order valence-corrected chi connectivity index (χ3v) is 4.01. The van der Waals surface area contributed by atoms with E-state index in [2.05, 4.69) is 5.32 Å². The van der Waals surface area contributed by atoms with E-state index >= 15 is 0 Å². The second-order valence-electron chi connectivity index (χ2n) is 6.02. The summed E-state index contributed by atoms with van der Waals surface area (Å²) in [5.41, 5.74) is 0.960. The minimum Gasteiger partial charge on any atom is -0.480 e. The Morgan fingerprint density at radius 3 is 2.70 bits per heavy atom. The van der Waals surface area contributed by atoms with Gasteiger partial charge in [-0.15, -0.1) is 0 Å². The maximum Gasteiger partial charge on any atom is 0.326 e. The number of halogens is 1. The van der Waals surface area contributed by atoms with Crippen LogP contribution in [0.3, 0.4) is 0 Å². The third-order valence-electron chi connectivity index (χ3n) is 3.68. The normalized spacial score (nSPS) is 12.5. The van der Waals surface area contributed by atoms with Gasteiger partial charge in [0.25, 0.3) is 0 Å². The first-order valence-electron chi connectivity index (χ1n) is 7.64. The van der Waals surface area contributed by atoms with E-state index in [1.54, 1.807) is 0 Å². The Kier molecular flexibility index (Phi) is 5.66. The summed E-state index contributed by atoms with van der Waals surface area (Å²) in [6.45, 7) is 4.33. The Bertz CT molecular complexity index is 709. The lowest BCUT2D eigenvalue weighted by molar-refractivity contribution is -0.142. The van der Waals surface area contributed by atoms with Crippen molar-refractivity contribution in [1.82, 2.24) is 9.88 Å². The lowest BCUT2D eigenvalue weighted by Gasteiger charge is -2.16. The predicted molar refractivity (Wildman–Crippen MR) is 90.6 cm³/mol. The van der Waals surface area contributed by atoms with E-state index in [4.69, 9.17) is 16.7 Å². The summed E-state index contributed by atoms with van der Waals surface area (Å²) in [4.78, 5) is 23.2. The molecule has 2 rings (SSSR count). The molecule has 0 unspecified atom stereocenters. The van der Waals surface area contributed by atoms with Crippen LogP contribution in [0.1, 0.15) is 26.7 Å². The van der Waals surface area contributed by atoms with Crippen LogP contribution in [0.5, 0.6) is 0 Å². The summed E-state index contributed by atoms with van der Waals surface area (Å²) < 4.78 is 1.94. The van der Waals surface area contributed by atoms with Crippen LogP contribution in [-0.4, -0.2) is 27.6 Å². The number of aryl methyl sites for hydroxylation is 1. The largest absolute Gasteiger partial charge is 0.480 e. The Labute approximate surface area is 140 Å². The number of amides is 1. The number of aliphatic carboxylic acids is 1. The second kappa shape index (κ2) is 7.51. The van der Waals surface area contributed by atoms with Gasteiger partial charge < -0.3 is 15.0 Å². The molecular weight excluding hydrogens is 316 g/mol. The minimum atomic E-state index is -0.995. The molecule has 0 saturated carbocycles. The second-order valence-corrected chi connectivity index (χ2v) is 6.43. The van der Waals surface area contributed by atoms with Gasteiger partial charge in [0.15, 0.2) is 0 Å². The molecular formula is C17H21ClN2O3. The van der Waals surface area contributed by atoms with Crippen molar-refractivity contribution in [3.63, 3.8) is 0 Å². The molecule has 0 saturated heterocycles. The molecule has 0 aliphatic rings. The van der Waals surface area contributed by atoms with Crippen LogP contribution >= 0.6 is 11.6 Å². The molecule has 0 spiro atoms. The zero-order valence-corrected chi connectivity index (χ0v) is 14.0. The van der Waals surface area contributed by atoms with Crippen molar-refractivity contribution in [3.05, 3.63) is 35.5 Å². The number of hydrogen-bond donors (Lipinski definition) is 2. The van der Waals surface area contributed by atoms with E-state index in [0.717, 1.165) is 10.9 Å². The van der Waals surface area contributed by atoms with Crippen molar-refractivity contribution in [1.29, 1.82) is 0 Å². The first kappa shape index (κ1) is 17.3. The highest BCUT2D eigenvalue weighted by Crippen LogP contribution is 2.24. The lowest BCUT2D eigenvalue weighted by Crippen LogP contribution is -2.41. The van der Waals surface area contributed by atoms with Gasteiger partial charge in [0.2, 0.25) is 5.91 Å². The van der Waals surface area contributed by atoms with Gasteiger partial charge in [-0.3, -0.25) is 4.79 Å². The zero-order valence-electron chi connectivity index (χ0n) is 13.3. The van der Waals surface area contributed by atoms with Crippen LogP contribution in [0.4, 0.5) is 0 Å². The van der Waals surface area contributed by atoms with Crippen LogP contribution in [0.15, 0.2) is 30.5 Å². The molecule has 1 aromatic carbocycles. The fourth-order valence-corrected chi connectivity index (χ4v) is 2.79. The summed E-state index contributed by atoms with van der Waals surface area (Å²) in [7, 11) is 0. The molecule has 2 N–H and O–H groups in total. The van der Waals surface area contributed by atoms with Gasteiger partial charge in [-0.1, -0.05) is 31.5 Å². The predicted octanol–water partition coefficient (Wildman–Crippen LogP) is 3.30. The summed E-state index contributed by atoms with van der Waals surface area (Å²) in [5.74, 6) is -1.06. The molecule has 1 amide bonds. The standard InChI is InChI=1S/C17H21ClN2O3/c1-11(2)10-14(17(22)23)19-16(21)7-9-20-8-6-12-13(18)4-3-5-15(12)20/h3-6,8,11,14H,7,9-10H2,1-2H3,(H,19,21)(H,22,23)/t14-/m1/s1.